The highest BCUT2D eigenvalue weighted by atomic mass is 32.2. The van der Waals surface area contributed by atoms with Gasteiger partial charge in [-0.2, -0.15) is 0 Å². The fourth-order valence-electron chi connectivity index (χ4n) is 4.73. The Hall–Kier alpha value is -4.45. The first-order chi connectivity index (χ1) is 21.5. The lowest BCUT2D eigenvalue weighted by Crippen LogP contribution is -2.52. The minimum Gasteiger partial charge on any atom is -0.497 e. The van der Waals surface area contributed by atoms with Crippen molar-refractivity contribution < 1.29 is 37.0 Å². The normalized spacial score (nSPS) is 11.8. The van der Waals surface area contributed by atoms with Gasteiger partial charge >= 0.3 is 0 Å². The van der Waals surface area contributed by atoms with E-state index in [-0.39, 0.29) is 40.5 Å². The van der Waals surface area contributed by atoms with Gasteiger partial charge < -0.3 is 29.2 Å². The van der Waals surface area contributed by atoms with Gasteiger partial charge in [-0.15, -0.1) is 0 Å². The van der Waals surface area contributed by atoms with E-state index in [0.29, 0.717) is 24.5 Å². The molecule has 0 aliphatic heterocycles. The smallest absolute Gasteiger partial charge is 0.265 e. The molecule has 11 nitrogen and oxygen atoms in total. The molecular formula is C33H43N3O8S. The van der Waals surface area contributed by atoms with Crippen molar-refractivity contribution in [1.29, 1.82) is 0 Å². The number of nitrogens with zero attached hydrogens (tertiary/aromatic N) is 2. The molecule has 3 rings (SSSR count). The summed E-state index contributed by atoms with van der Waals surface area (Å²) in [5, 5.41) is 2.93. The van der Waals surface area contributed by atoms with Crippen LogP contribution in [0.2, 0.25) is 0 Å². The van der Waals surface area contributed by atoms with E-state index in [4.69, 9.17) is 18.9 Å². The Morgan fingerprint density at radius 3 is 2.04 bits per heavy atom. The number of methoxy groups -OCH3 is 4. The quantitative estimate of drug-likeness (QED) is 0.243. The van der Waals surface area contributed by atoms with Crippen LogP contribution in [-0.4, -0.2) is 72.7 Å². The van der Waals surface area contributed by atoms with Gasteiger partial charge in [-0.1, -0.05) is 51.1 Å². The average molecular weight is 642 g/mol. The van der Waals surface area contributed by atoms with E-state index < -0.39 is 28.5 Å². The number of benzene rings is 3. The van der Waals surface area contributed by atoms with Crippen LogP contribution in [0.4, 0.5) is 5.69 Å². The molecule has 45 heavy (non-hydrogen) atoms. The maximum Gasteiger partial charge on any atom is 0.265 e. The second kappa shape index (κ2) is 16.0. The van der Waals surface area contributed by atoms with Crippen LogP contribution in [0, 0.1) is 5.92 Å². The number of rotatable bonds is 16. The van der Waals surface area contributed by atoms with Gasteiger partial charge in [0.1, 0.15) is 24.1 Å². The Morgan fingerprint density at radius 1 is 0.822 bits per heavy atom. The number of ether oxygens (including phenoxy) is 4. The molecule has 1 N–H and O–H groups in total. The van der Waals surface area contributed by atoms with E-state index in [0.717, 1.165) is 9.87 Å². The van der Waals surface area contributed by atoms with E-state index in [9.17, 15) is 18.0 Å². The fraction of sp³-hybridized carbons (Fsp3) is 0.394. The Bertz CT molecular complexity index is 1550. The zero-order valence-corrected chi connectivity index (χ0v) is 27.7. The van der Waals surface area contributed by atoms with Gasteiger partial charge in [0.15, 0.2) is 11.5 Å². The molecule has 12 heteroatoms. The van der Waals surface area contributed by atoms with Crippen molar-refractivity contribution in [2.75, 3.05) is 45.8 Å². The van der Waals surface area contributed by atoms with Crippen molar-refractivity contribution in [3.8, 4) is 23.0 Å². The summed E-state index contributed by atoms with van der Waals surface area (Å²) in [6.45, 7) is 5.66. The molecule has 0 radical (unpaired) electrons. The van der Waals surface area contributed by atoms with Crippen LogP contribution in [0.25, 0.3) is 0 Å². The van der Waals surface area contributed by atoms with Gasteiger partial charge in [0.25, 0.3) is 10.0 Å². The Kier molecular flexibility index (Phi) is 12.5. The van der Waals surface area contributed by atoms with E-state index in [1.54, 1.807) is 12.1 Å². The topological polar surface area (TPSA) is 124 Å². The number of amides is 2. The lowest BCUT2D eigenvalue weighted by molar-refractivity contribution is -0.140. The number of anilines is 1. The number of sulfonamides is 1. The van der Waals surface area contributed by atoms with E-state index >= 15 is 0 Å². The maximum atomic E-state index is 14.4. The van der Waals surface area contributed by atoms with Crippen molar-refractivity contribution in [1.82, 2.24) is 10.2 Å². The van der Waals surface area contributed by atoms with Crippen LogP contribution < -0.4 is 28.6 Å². The lowest BCUT2D eigenvalue weighted by atomic mass is 10.1. The second-order valence-corrected chi connectivity index (χ2v) is 12.5. The summed E-state index contributed by atoms with van der Waals surface area (Å²) in [4.78, 5) is 29.0. The third-order valence-corrected chi connectivity index (χ3v) is 8.90. The first kappa shape index (κ1) is 35.0. The number of hydrogen-bond acceptors (Lipinski definition) is 8. The van der Waals surface area contributed by atoms with Crippen molar-refractivity contribution in [3.63, 3.8) is 0 Å². The predicted molar refractivity (Wildman–Crippen MR) is 173 cm³/mol. The minimum absolute atomic E-state index is 0.0805. The van der Waals surface area contributed by atoms with Crippen LogP contribution in [0.1, 0.15) is 32.8 Å². The first-order valence-corrected chi connectivity index (χ1v) is 16.0. The minimum atomic E-state index is -4.43. The zero-order chi connectivity index (χ0) is 33.1. The third kappa shape index (κ3) is 8.59. The Labute approximate surface area is 266 Å². The van der Waals surface area contributed by atoms with E-state index in [1.807, 2.05) is 51.1 Å². The molecule has 244 valence electrons. The summed E-state index contributed by atoms with van der Waals surface area (Å²) >= 11 is 0. The van der Waals surface area contributed by atoms with Crippen LogP contribution in [0.15, 0.2) is 71.6 Å². The van der Waals surface area contributed by atoms with Gasteiger partial charge in [-0.25, -0.2) is 8.42 Å². The largest absolute Gasteiger partial charge is 0.497 e. The van der Waals surface area contributed by atoms with Gasteiger partial charge in [-0.3, -0.25) is 13.9 Å². The van der Waals surface area contributed by atoms with Crippen LogP contribution >= 0.6 is 0 Å². The number of carbonyl (C=O) groups is 2. The number of nitrogens with one attached hydrogen (secondary N) is 1. The molecular weight excluding hydrogens is 598 g/mol. The summed E-state index contributed by atoms with van der Waals surface area (Å²) in [7, 11) is 1.27. The van der Waals surface area contributed by atoms with Crippen LogP contribution in [0.5, 0.6) is 23.0 Å². The highest BCUT2D eigenvalue weighted by molar-refractivity contribution is 7.92. The van der Waals surface area contributed by atoms with Gasteiger partial charge in [0.2, 0.25) is 11.8 Å². The van der Waals surface area contributed by atoms with Crippen molar-refractivity contribution in [2.45, 2.75) is 44.7 Å². The monoisotopic (exact) mass is 641 g/mol. The molecule has 0 spiro atoms. The van der Waals surface area contributed by atoms with Gasteiger partial charge in [0.05, 0.1) is 39.0 Å². The molecule has 0 saturated heterocycles. The highest BCUT2D eigenvalue weighted by Gasteiger charge is 2.35. The van der Waals surface area contributed by atoms with Crippen molar-refractivity contribution in [3.05, 3.63) is 72.3 Å². The molecule has 0 fully saturated rings. The van der Waals surface area contributed by atoms with Crippen LogP contribution in [-0.2, 0) is 26.2 Å². The van der Waals surface area contributed by atoms with Crippen molar-refractivity contribution in [2.24, 2.45) is 5.92 Å². The predicted octanol–water partition coefficient (Wildman–Crippen LogP) is 4.50. The van der Waals surface area contributed by atoms with E-state index in [1.165, 1.54) is 57.6 Å². The summed E-state index contributed by atoms with van der Waals surface area (Å²) in [5.41, 5.74) is 0.867. The standard InChI is InChI=1S/C33H43N3O8S/c1-8-27(33(38)34-20-23(2)3)35(21-24-12-10-9-11-13-24)32(37)22-36(28-18-25(41-4)14-16-29(28)42-5)45(39,40)26-15-17-30(43-6)31(19-26)44-7/h9-19,23,27H,8,20-22H2,1-7H3,(H,34,38)/t27-/m0/s1. The molecule has 1 atom stereocenters. The van der Waals surface area contributed by atoms with Crippen molar-refractivity contribution >= 4 is 27.5 Å². The van der Waals surface area contributed by atoms with E-state index in [2.05, 4.69) is 5.32 Å². The summed E-state index contributed by atoms with van der Waals surface area (Å²) in [5.74, 6) is 0.386. The lowest BCUT2D eigenvalue weighted by Gasteiger charge is -2.33. The SMILES string of the molecule is CC[C@@H](C(=O)NCC(C)C)N(Cc1ccccc1)C(=O)CN(c1cc(OC)ccc1OC)S(=O)(=O)c1ccc(OC)c(OC)c1. The molecule has 0 unspecified atom stereocenters. The molecule has 0 aliphatic carbocycles. The Morgan fingerprint density at radius 2 is 1.47 bits per heavy atom. The number of hydrogen-bond donors (Lipinski definition) is 1. The summed E-state index contributed by atoms with van der Waals surface area (Å²) in [6, 6.07) is 17.2. The van der Waals surface area contributed by atoms with Gasteiger partial charge in [-0.05, 0) is 42.2 Å². The summed E-state index contributed by atoms with van der Waals surface area (Å²) in [6.07, 6.45) is 0.313. The molecule has 3 aromatic rings. The highest BCUT2D eigenvalue weighted by Crippen LogP contribution is 2.37. The Balaban J connectivity index is 2.17. The molecule has 0 aromatic heterocycles. The molecule has 0 aliphatic rings. The maximum absolute atomic E-state index is 14.4. The van der Waals surface area contributed by atoms with Crippen LogP contribution in [0.3, 0.4) is 0 Å². The molecule has 3 aromatic carbocycles. The number of carbonyl (C=O) groups excluding carboxylic acids is 2. The average Bonchev–Trinajstić information content (AvgIpc) is 3.05. The fourth-order valence-corrected chi connectivity index (χ4v) is 6.16. The molecule has 0 bridgehead atoms. The first-order valence-electron chi connectivity index (χ1n) is 14.6. The summed E-state index contributed by atoms with van der Waals surface area (Å²) < 4.78 is 51.4. The molecule has 0 heterocycles. The third-order valence-electron chi connectivity index (χ3n) is 7.14. The molecule has 2 amide bonds. The molecule has 0 saturated carbocycles. The van der Waals surface area contributed by atoms with Gasteiger partial charge in [0, 0.05) is 25.2 Å². The zero-order valence-electron chi connectivity index (χ0n) is 26.9. The second-order valence-electron chi connectivity index (χ2n) is 10.6.